The Balaban J connectivity index is 1.87. The van der Waals surface area contributed by atoms with Crippen LogP contribution in [0, 0.1) is 6.92 Å². The second-order valence-corrected chi connectivity index (χ2v) is 5.93. The molecule has 0 saturated heterocycles. The Morgan fingerprint density at radius 3 is 3.06 bits per heavy atom. The van der Waals surface area contributed by atoms with Gasteiger partial charge in [0.05, 0.1) is 0 Å². The minimum Gasteiger partial charge on any atom is -0.369 e. The van der Waals surface area contributed by atoms with Crippen molar-refractivity contribution in [2.75, 3.05) is 18.1 Å². The zero-order valence-electron chi connectivity index (χ0n) is 10.4. The highest BCUT2D eigenvalue weighted by Crippen LogP contribution is 2.46. The number of H-pyrrole nitrogens is 1. The van der Waals surface area contributed by atoms with Crippen molar-refractivity contribution in [1.82, 2.24) is 19.6 Å². The van der Waals surface area contributed by atoms with Gasteiger partial charge in [-0.2, -0.15) is 16.9 Å². The number of anilines is 1. The molecule has 0 amide bonds. The zero-order valence-corrected chi connectivity index (χ0v) is 11.2. The molecular weight excluding hydrogens is 250 g/mol. The number of aromatic nitrogens is 4. The van der Waals surface area contributed by atoms with Crippen molar-refractivity contribution >= 4 is 23.2 Å². The first kappa shape index (κ1) is 11.6. The van der Waals surface area contributed by atoms with E-state index < -0.39 is 0 Å². The molecule has 2 aromatic rings. The predicted molar refractivity (Wildman–Crippen MR) is 72.3 cm³/mol. The highest BCUT2D eigenvalue weighted by Gasteiger charge is 2.41. The molecule has 1 aliphatic rings. The quantitative estimate of drug-likeness (QED) is 0.863. The van der Waals surface area contributed by atoms with Crippen molar-refractivity contribution < 1.29 is 0 Å². The van der Waals surface area contributed by atoms with E-state index in [0.29, 0.717) is 16.2 Å². The molecule has 2 aromatic heterocycles. The minimum absolute atomic E-state index is 0.246. The van der Waals surface area contributed by atoms with Gasteiger partial charge in [-0.3, -0.25) is 0 Å². The fraction of sp³-hybridized carbons (Fsp3) is 0.545. The van der Waals surface area contributed by atoms with Gasteiger partial charge >= 0.3 is 5.69 Å². The van der Waals surface area contributed by atoms with Crippen LogP contribution < -0.4 is 11.0 Å². The van der Waals surface area contributed by atoms with E-state index in [4.69, 9.17) is 0 Å². The predicted octanol–water partition coefficient (Wildman–Crippen LogP) is 1.03. The third-order valence-corrected chi connectivity index (χ3v) is 4.82. The maximum atomic E-state index is 11.5. The first-order valence-electron chi connectivity index (χ1n) is 5.87. The van der Waals surface area contributed by atoms with E-state index in [0.717, 1.165) is 12.4 Å². The molecule has 0 unspecified atom stereocenters. The molecule has 7 heteroatoms. The van der Waals surface area contributed by atoms with Gasteiger partial charge in [0.2, 0.25) is 0 Å². The van der Waals surface area contributed by atoms with Gasteiger partial charge < -0.3 is 5.32 Å². The Morgan fingerprint density at radius 1 is 1.61 bits per heavy atom. The monoisotopic (exact) mass is 265 g/mol. The highest BCUT2D eigenvalue weighted by atomic mass is 32.2. The Hall–Kier alpha value is -1.50. The summed E-state index contributed by atoms with van der Waals surface area (Å²) in [6.07, 6.45) is 4.65. The van der Waals surface area contributed by atoms with Gasteiger partial charge in [-0.1, -0.05) is 0 Å². The van der Waals surface area contributed by atoms with E-state index >= 15 is 0 Å². The molecule has 0 aliphatic heterocycles. The maximum Gasteiger partial charge on any atom is 0.349 e. The van der Waals surface area contributed by atoms with Crippen LogP contribution in [-0.2, 0) is 0 Å². The summed E-state index contributed by atoms with van der Waals surface area (Å²) in [7, 11) is 0. The summed E-state index contributed by atoms with van der Waals surface area (Å²) in [5, 5.41) is 9.73. The summed E-state index contributed by atoms with van der Waals surface area (Å²) in [6.45, 7) is 2.71. The summed E-state index contributed by atoms with van der Waals surface area (Å²) in [4.78, 5) is 15.8. The van der Waals surface area contributed by atoms with Crippen molar-refractivity contribution in [1.29, 1.82) is 0 Å². The van der Waals surface area contributed by atoms with Gasteiger partial charge in [0.15, 0.2) is 5.65 Å². The van der Waals surface area contributed by atoms with E-state index in [1.807, 2.05) is 11.8 Å². The fourth-order valence-corrected chi connectivity index (χ4v) is 2.76. The van der Waals surface area contributed by atoms with Gasteiger partial charge in [-0.25, -0.2) is 19.3 Å². The lowest BCUT2D eigenvalue weighted by Gasteiger charge is -2.13. The number of rotatable bonds is 4. The first-order valence-corrected chi connectivity index (χ1v) is 7.10. The van der Waals surface area contributed by atoms with Crippen LogP contribution in [0.3, 0.4) is 0 Å². The summed E-state index contributed by atoms with van der Waals surface area (Å²) in [5.74, 6) is 1.42. The van der Waals surface area contributed by atoms with Crippen LogP contribution in [0.1, 0.15) is 18.7 Å². The molecule has 96 valence electrons. The molecule has 0 aromatic carbocycles. The number of nitrogens with one attached hydrogen (secondary N) is 2. The van der Waals surface area contributed by atoms with Crippen LogP contribution in [0.15, 0.2) is 10.9 Å². The molecule has 0 radical (unpaired) electrons. The molecule has 0 bridgehead atoms. The van der Waals surface area contributed by atoms with E-state index in [1.54, 1.807) is 13.0 Å². The van der Waals surface area contributed by atoms with E-state index in [2.05, 4.69) is 26.8 Å². The third kappa shape index (κ3) is 1.88. The van der Waals surface area contributed by atoms with Crippen LogP contribution in [0.4, 0.5) is 5.82 Å². The van der Waals surface area contributed by atoms with E-state index in [-0.39, 0.29) is 5.69 Å². The summed E-state index contributed by atoms with van der Waals surface area (Å²) in [5.41, 5.74) is 0.355. The van der Waals surface area contributed by atoms with Crippen LogP contribution >= 0.6 is 11.8 Å². The second kappa shape index (κ2) is 4.01. The number of thioether (sulfide) groups is 1. The highest BCUT2D eigenvalue weighted by molar-refractivity contribution is 8.00. The average Bonchev–Trinajstić information content (AvgIpc) is 3.05. The normalized spacial score (nSPS) is 17.0. The lowest BCUT2D eigenvalue weighted by Crippen LogP contribution is -2.19. The van der Waals surface area contributed by atoms with Gasteiger partial charge in [-0.05, 0) is 26.0 Å². The Kier molecular flexibility index (Phi) is 2.58. The third-order valence-electron chi connectivity index (χ3n) is 3.40. The molecule has 2 heterocycles. The largest absolute Gasteiger partial charge is 0.369 e. The van der Waals surface area contributed by atoms with Gasteiger partial charge in [-0.15, -0.1) is 0 Å². The minimum atomic E-state index is -0.246. The van der Waals surface area contributed by atoms with Crippen molar-refractivity contribution in [3.63, 3.8) is 0 Å². The molecule has 1 aliphatic carbocycles. The van der Waals surface area contributed by atoms with Crippen molar-refractivity contribution in [2.24, 2.45) is 0 Å². The van der Waals surface area contributed by atoms with Crippen molar-refractivity contribution in [2.45, 2.75) is 24.5 Å². The number of nitrogens with zero attached hydrogens (tertiary/aromatic N) is 3. The molecule has 3 rings (SSSR count). The van der Waals surface area contributed by atoms with Crippen LogP contribution in [0.5, 0.6) is 0 Å². The molecule has 0 atom stereocenters. The van der Waals surface area contributed by atoms with E-state index in [9.17, 15) is 4.79 Å². The molecule has 6 nitrogen and oxygen atoms in total. The van der Waals surface area contributed by atoms with E-state index in [1.165, 1.54) is 17.2 Å². The summed E-state index contributed by atoms with van der Waals surface area (Å²) < 4.78 is 1.85. The smallest absolute Gasteiger partial charge is 0.349 e. The average molecular weight is 265 g/mol. The number of aromatic amines is 1. The van der Waals surface area contributed by atoms with Crippen LogP contribution in [0.2, 0.25) is 0 Å². The van der Waals surface area contributed by atoms with Gasteiger partial charge in [0.1, 0.15) is 11.6 Å². The number of hydrogen-bond donors (Lipinski definition) is 2. The summed E-state index contributed by atoms with van der Waals surface area (Å²) >= 11 is 1.90. The topological polar surface area (TPSA) is 75.1 Å². The van der Waals surface area contributed by atoms with Crippen LogP contribution in [0.25, 0.3) is 5.65 Å². The van der Waals surface area contributed by atoms with Crippen molar-refractivity contribution in [3.8, 4) is 0 Å². The van der Waals surface area contributed by atoms with Gasteiger partial charge in [0.25, 0.3) is 0 Å². The van der Waals surface area contributed by atoms with Crippen molar-refractivity contribution in [3.05, 3.63) is 22.4 Å². The molecule has 0 spiro atoms. The summed E-state index contributed by atoms with van der Waals surface area (Å²) in [6, 6.07) is 1.79. The lowest BCUT2D eigenvalue weighted by molar-refractivity contribution is 0.908. The second-order valence-electron chi connectivity index (χ2n) is 4.65. The number of aryl methyl sites for hydroxylation is 1. The lowest BCUT2D eigenvalue weighted by atomic mass is 10.4. The number of fused-ring (bicyclic) bond motifs is 1. The molecule has 1 saturated carbocycles. The van der Waals surface area contributed by atoms with Gasteiger partial charge in [0, 0.05) is 17.4 Å². The Morgan fingerprint density at radius 2 is 2.39 bits per heavy atom. The molecule has 1 fully saturated rings. The number of hydrogen-bond acceptors (Lipinski definition) is 5. The maximum absolute atomic E-state index is 11.5. The molecule has 2 N–H and O–H groups in total. The SMILES string of the molecule is CSC1(CNc2cc3n[nH]c(=O)n3c(C)n2)CC1. The van der Waals surface area contributed by atoms with Crippen LogP contribution in [-0.4, -0.2) is 37.1 Å². The first-order chi connectivity index (χ1) is 8.63. The Labute approximate surface area is 108 Å². The fourth-order valence-electron chi connectivity index (χ4n) is 2.03. The molecular formula is C11H15N5OS. The molecule has 18 heavy (non-hydrogen) atoms. The zero-order chi connectivity index (χ0) is 12.8. The Bertz CT molecular complexity index is 642. The standard InChI is InChI=1S/C11H15N5OS/c1-7-13-8(12-6-11(18-2)3-4-11)5-9-14-15-10(17)16(7)9/h5,12H,3-4,6H2,1-2H3,(H,15,17).